The van der Waals surface area contributed by atoms with Gasteiger partial charge in [0, 0.05) is 21.6 Å². The van der Waals surface area contributed by atoms with Gasteiger partial charge in [-0.2, -0.15) is 0 Å². The molecule has 0 radical (unpaired) electrons. The standard InChI is InChI=1S/C34H27NO3S3/c1-4-38-32(37)29-28(22-14-6-5-7-15-22)40-33(41-29)27-25-18-10-11-20-26(25)35(34(2,3)30(27)39)31(36)24-19-12-16-21-13-8-9-17-23(21)24/h5-20H,4H2,1-3H3/b33-27-. The van der Waals surface area contributed by atoms with Gasteiger partial charge in [-0.05, 0) is 49.2 Å². The zero-order valence-electron chi connectivity index (χ0n) is 22.8. The molecule has 41 heavy (non-hydrogen) atoms. The van der Waals surface area contributed by atoms with Crippen molar-refractivity contribution in [1.82, 2.24) is 0 Å². The molecule has 0 aromatic heterocycles. The number of thiocarbonyl (C=S) groups is 1. The van der Waals surface area contributed by atoms with Crippen molar-refractivity contribution in [1.29, 1.82) is 0 Å². The van der Waals surface area contributed by atoms with Crippen molar-refractivity contribution in [3.63, 3.8) is 0 Å². The van der Waals surface area contributed by atoms with Gasteiger partial charge in [0.1, 0.15) is 4.91 Å². The van der Waals surface area contributed by atoms with Crippen molar-refractivity contribution >= 4 is 79.4 Å². The van der Waals surface area contributed by atoms with Crippen molar-refractivity contribution in [2.24, 2.45) is 0 Å². The monoisotopic (exact) mass is 593 g/mol. The number of nitrogens with zero attached hydrogens (tertiary/aromatic N) is 1. The summed E-state index contributed by atoms with van der Waals surface area (Å²) in [7, 11) is 0. The van der Waals surface area contributed by atoms with Crippen molar-refractivity contribution < 1.29 is 14.3 Å². The van der Waals surface area contributed by atoms with Gasteiger partial charge < -0.3 is 4.74 Å². The molecule has 4 aromatic rings. The van der Waals surface area contributed by atoms with Crippen LogP contribution in [-0.2, 0) is 9.53 Å². The van der Waals surface area contributed by atoms with Crippen LogP contribution in [0.1, 0.15) is 42.3 Å². The minimum absolute atomic E-state index is 0.104. The van der Waals surface area contributed by atoms with E-state index in [1.807, 2.05) is 123 Å². The summed E-state index contributed by atoms with van der Waals surface area (Å²) >= 11 is 9.16. The summed E-state index contributed by atoms with van der Waals surface area (Å²) < 4.78 is 6.36. The van der Waals surface area contributed by atoms with Crippen LogP contribution in [0.15, 0.2) is 106 Å². The second kappa shape index (κ2) is 11.0. The quantitative estimate of drug-likeness (QED) is 0.134. The van der Waals surface area contributed by atoms with E-state index >= 15 is 0 Å². The zero-order chi connectivity index (χ0) is 28.7. The predicted octanol–water partition coefficient (Wildman–Crippen LogP) is 8.73. The van der Waals surface area contributed by atoms with Crippen LogP contribution in [0.3, 0.4) is 0 Å². The Hall–Kier alpha value is -3.65. The van der Waals surface area contributed by atoms with Gasteiger partial charge in [-0.25, -0.2) is 4.79 Å². The zero-order valence-corrected chi connectivity index (χ0v) is 25.3. The molecule has 2 aliphatic rings. The number of carbonyl (C=O) groups excluding carboxylic acids is 2. The number of fused-ring (bicyclic) bond motifs is 2. The first-order valence-corrected chi connectivity index (χ1v) is 15.4. The summed E-state index contributed by atoms with van der Waals surface area (Å²) in [4.78, 5) is 31.4. The molecule has 2 aliphatic heterocycles. The van der Waals surface area contributed by atoms with Gasteiger partial charge >= 0.3 is 5.97 Å². The molecule has 0 unspecified atom stereocenters. The van der Waals surface area contributed by atoms with Crippen LogP contribution >= 0.6 is 35.7 Å². The van der Waals surface area contributed by atoms with E-state index in [1.165, 1.54) is 23.5 Å². The average Bonchev–Trinajstić information content (AvgIpc) is 3.43. The van der Waals surface area contributed by atoms with Crippen LogP contribution in [0, 0.1) is 0 Å². The summed E-state index contributed by atoms with van der Waals surface area (Å²) in [6, 6.07) is 31.5. The fourth-order valence-electron chi connectivity index (χ4n) is 5.32. The van der Waals surface area contributed by atoms with Gasteiger partial charge in [0.2, 0.25) is 0 Å². The molecule has 4 aromatic carbocycles. The van der Waals surface area contributed by atoms with Gasteiger partial charge in [0.25, 0.3) is 5.91 Å². The molecule has 0 N–H and O–H groups in total. The molecule has 204 valence electrons. The summed E-state index contributed by atoms with van der Waals surface area (Å²) in [6.07, 6.45) is 0. The molecule has 0 atom stereocenters. The minimum atomic E-state index is -0.819. The molecule has 2 heterocycles. The van der Waals surface area contributed by atoms with Gasteiger partial charge in [0.15, 0.2) is 0 Å². The third kappa shape index (κ3) is 4.72. The smallest absolute Gasteiger partial charge is 0.346 e. The van der Waals surface area contributed by atoms with Crippen molar-refractivity contribution in [3.8, 4) is 0 Å². The highest BCUT2D eigenvalue weighted by molar-refractivity contribution is 8.32. The third-order valence-corrected chi connectivity index (χ3v) is 10.6. The number of thioether (sulfide) groups is 2. The second-order valence-corrected chi connectivity index (χ2v) is 12.9. The fraction of sp³-hybridized carbons (Fsp3) is 0.147. The van der Waals surface area contributed by atoms with E-state index in [-0.39, 0.29) is 11.9 Å². The highest BCUT2D eigenvalue weighted by Crippen LogP contribution is 2.58. The minimum Gasteiger partial charge on any atom is -0.462 e. The summed E-state index contributed by atoms with van der Waals surface area (Å²) in [5, 5.41) is 1.91. The number of rotatable bonds is 4. The second-order valence-electron chi connectivity index (χ2n) is 10.2. The molecule has 0 spiro atoms. The van der Waals surface area contributed by atoms with Gasteiger partial charge in [-0.1, -0.05) is 121 Å². The highest BCUT2D eigenvalue weighted by atomic mass is 32.2. The number of anilines is 1. The SMILES string of the molecule is CCOC(=O)C1=C(c2ccccc2)S/C(=C2/C(=S)C(C)(C)N(C(=O)c3cccc4ccccc34)c3ccccc32)S1. The Labute approximate surface area is 253 Å². The van der Waals surface area contributed by atoms with Crippen LogP contribution in [0.5, 0.6) is 0 Å². The van der Waals surface area contributed by atoms with Crippen LogP contribution in [0.4, 0.5) is 5.69 Å². The maximum Gasteiger partial charge on any atom is 0.346 e. The average molecular weight is 594 g/mol. The van der Waals surface area contributed by atoms with Crippen molar-refractivity contribution in [2.75, 3.05) is 11.5 Å². The lowest BCUT2D eigenvalue weighted by Gasteiger charge is -2.45. The molecule has 6 rings (SSSR count). The Kier molecular flexibility index (Phi) is 7.36. The normalized spacial score (nSPS) is 18.0. The topological polar surface area (TPSA) is 46.6 Å². The number of hydrogen-bond donors (Lipinski definition) is 0. The number of para-hydroxylation sites is 1. The Morgan fingerprint density at radius 1 is 0.854 bits per heavy atom. The lowest BCUT2D eigenvalue weighted by Crippen LogP contribution is -2.56. The molecule has 1 amide bonds. The molecule has 7 heteroatoms. The van der Waals surface area contributed by atoms with E-state index in [0.29, 0.717) is 21.9 Å². The van der Waals surface area contributed by atoms with Crippen LogP contribution in [-0.4, -0.2) is 28.9 Å². The summed E-state index contributed by atoms with van der Waals surface area (Å²) in [5.74, 6) is -0.450. The number of hydrogen-bond acceptors (Lipinski definition) is 6. The summed E-state index contributed by atoms with van der Waals surface area (Å²) in [5.41, 5.74) is 3.31. The predicted molar refractivity (Wildman–Crippen MR) is 176 cm³/mol. The van der Waals surface area contributed by atoms with Crippen LogP contribution in [0.2, 0.25) is 0 Å². The number of carbonyl (C=O) groups is 2. The molecule has 0 fully saturated rings. The first-order chi connectivity index (χ1) is 19.8. The molecule has 0 aliphatic carbocycles. The van der Waals surface area contributed by atoms with E-state index in [2.05, 4.69) is 0 Å². The maximum absolute atomic E-state index is 14.4. The molecule has 0 saturated carbocycles. The summed E-state index contributed by atoms with van der Waals surface area (Å²) in [6.45, 7) is 6.10. The number of amides is 1. The molecule has 0 saturated heterocycles. The maximum atomic E-state index is 14.4. The van der Waals surface area contributed by atoms with Gasteiger partial charge in [0.05, 0.1) is 26.9 Å². The number of benzene rings is 4. The lowest BCUT2D eigenvalue weighted by molar-refractivity contribution is -0.137. The molecular formula is C34H27NO3S3. The Balaban J connectivity index is 1.50. The first-order valence-electron chi connectivity index (χ1n) is 13.4. The highest BCUT2D eigenvalue weighted by Gasteiger charge is 2.46. The first kappa shape index (κ1) is 27.5. The Bertz CT molecular complexity index is 1780. The third-order valence-electron chi connectivity index (χ3n) is 7.28. The number of esters is 1. The number of ether oxygens (including phenoxy) is 1. The van der Waals surface area contributed by atoms with Gasteiger partial charge in [-0.3, -0.25) is 9.69 Å². The Morgan fingerprint density at radius 2 is 1.54 bits per heavy atom. The van der Waals surface area contributed by atoms with E-state index in [0.717, 1.165) is 42.3 Å². The van der Waals surface area contributed by atoms with Gasteiger partial charge in [-0.15, -0.1) is 0 Å². The van der Waals surface area contributed by atoms with Crippen molar-refractivity contribution in [2.45, 2.75) is 26.3 Å². The molecule has 0 bridgehead atoms. The van der Waals surface area contributed by atoms with E-state index < -0.39 is 5.54 Å². The lowest BCUT2D eigenvalue weighted by atomic mass is 9.82. The molecule has 4 nitrogen and oxygen atoms in total. The fourth-order valence-corrected chi connectivity index (χ4v) is 8.45. The largest absolute Gasteiger partial charge is 0.462 e. The van der Waals surface area contributed by atoms with E-state index in [9.17, 15) is 9.59 Å². The molecular weight excluding hydrogens is 567 g/mol. The van der Waals surface area contributed by atoms with E-state index in [4.69, 9.17) is 17.0 Å². The van der Waals surface area contributed by atoms with E-state index in [1.54, 1.807) is 0 Å². The van der Waals surface area contributed by atoms with Crippen LogP contribution < -0.4 is 4.90 Å². The Morgan fingerprint density at radius 3 is 2.32 bits per heavy atom. The van der Waals surface area contributed by atoms with Crippen LogP contribution in [0.25, 0.3) is 21.3 Å². The van der Waals surface area contributed by atoms with Crippen molar-refractivity contribution in [3.05, 3.63) is 123 Å².